The van der Waals surface area contributed by atoms with Gasteiger partial charge < -0.3 is 5.32 Å². The average molecular weight is 313 g/mol. The third-order valence-corrected chi connectivity index (χ3v) is 4.76. The third kappa shape index (κ3) is 4.18. The van der Waals surface area contributed by atoms with Gasteiger partial charge in [0.2, 0.25) is 0 Å². The van der Waals surface area contributed by atoms with Crippen LogP contribution in [0.4, 0.5) is 4.39 Å². The lowest BCUT2D eigenvalue weighted by Gasteiger charge is -2.36. The first kappa shape index (κ1) is 16.7. The fourth-order valence-corrected chi connectivity index (χ4v) is 3.26. The molecule has 1 fully saturated rings. The van der Waals surface area contributed by atoms with Gasteiger partial charge in [0.15, 0.2) is 0 Å². The van der Waals surface area contributed by atoms with Crippen LogP contribution < -0.4 is 5.32 Å². The minimum Gasteiger partial charge on any atom is -0.314 e. The molecule has 0 amide bonds. The van der Waals surface area contributed by atoms with Gasteiger partial charge in [0, 0.05) is 37.8 Å². The largest absolute Gasteiger partial charge is 0.314 e. The summed E-state index contributed by atoms with van der Waals surface area (Å²) < 4.78 is 14.4. The summed E-state index contributed by atoms with van der Waals surface area (Å²) in [7, 11) is 0. The number of nitrogens with zero attached hydrogens (tertiary/aromatic N) is 1. The third-order valence-electron chi connectivity index (χ3n) is 4.26. The van der Waals surface area contributed by atoms with Crippen LogP contribution in [0.3, 0.4) is 0 Å². The average Bonchev–Trinajstić information content (AvgIpc) is 2.47. The molecule has 118 valence electrons. The van der Waals surface area contributed by atoms with Gasteiger partial charge >= 0.3 is 0 Å². The summed E-state index contributed by atoms with van der Waals surface area (Å²) in [6.45, 7) is 10.2. The molecule has 1 aliphatic heterocycles. The molecular formula is C17H26ClFN2. The van der Waals surface area contributed by atoms with E-state index in [0.717, 1.165) is 44.6 Å². The molecule has 0 aromatic heterocycles. The number of rotatable bonds is 5. The van der Waals surface area contributed by atoms with E-state index < -0.39 is 0 Å². The molecule has 21 heavy (non-hydrogen) atoms. The first-order valence-corrected chi connectivity index (χ1v) is 8.27. The second-order valence-electron chi connectivity index (χ2n) is 6.36. The minimum absolute atomic E-state index is 0.0851. The number of aryl methyl sites for hydroxylation is 1. The maximum Gasteiger partial charge on any atom is 0.129 e. The quantitative estimate of drug-likeness (QED) is 0.878. The van der Waals surface area contributed by atoms with Gasteiger partial charge in [-0.25, -0.2) is 4.39 Å². The van der Waals surface area contributed by atoms with Crippen LogP contribution in [0.1, 0.15) is 43.9 Å². The van der Waals surface area contributed by atoms with E-state index in [9.17, 15) is 4.39 Å². The molecule has 0 aliphatic carbocycles. The van der Waals surface area contributed by atoms with Gasteiger partial charge in [0.1, 0.15) is 5.82 Å². The zero-order valence-corrected chi connectivity index (χ0v) is 14.0. The summed E-state index contributed by atoms with van der Waals surface area (Å²) in [5, 5.41) is 3.96. The van der Waals surface area contributed by atoms with Crippen molar-refractivity contribution in [3.63, 3.8) is 0 Å². The van der Waals surface area contributed by atoms with Crippen LogP contribution in [0.15, 0.2) is 12.1 Å². The lowest BCUT2D eigenvalue weighted by atomic mass is 9.94. The van der Waals surface area contributed by atoms with Crippen LogP contribution >= 0.6 is 11.6 Å². The van der Waals surface area contributed by atoms with Crippen molar-refractivity contribution in [1.29, 1.82) is 0 Å². The van der Waals surface area contributed by atoms with E-state index in [1.807, 2.05) is 6.92 Å². The number of benzene rings is 1. The van der Waals surface area contributed by atoms with Crippen molar-refractivity contribution >= 4 is 11.6 Å². The maximum atomic E-state index is 14.4. The Morgan fingerprint density at radius 2 is 1.90 bits per heavy atom. The molecule has 2 nitrogen and oxygen atoms in total. The summed E-state index contributed by atoms with van der Waals surface area (Å²) in [6.07, 6.45) is 2.04. The van der Waals surface area contributed by atoms with Crippen LogP contribution in [0.25, 0.3) is 0 Å². The molecular weight excluding hydrogens is 287 g/mol. The molecule has 0 bridgehead atoms. The Bertz CT molecular complexity index is 470. The smallest absolute Gasteiger partial charge is 0.129 e. The summed E-state index contributed by atoms with van der Waals surface area (Å²) >= 11 is 6.45. The van der Waals surface area contributed by atoms with Crippen molar-refractivity contribution < 1.29 is 4.39 Å². The van der Waals surface area contributed by atoms with Gasteiger partial charge in [-0.3, -0.25) is 4.90 Å². The molecule has 0 spiro atoms. The van der Waals surface area contributed by atoms with E-state index in [-0.39, 0.29) is 11.9 Å². The van der Waals surface area contributed by atoms with E-state index in [1.54, 1.807) is 12.1 Å². The summed E-state index contributed by atoms with van der Waals surface area (Å²) in [4.78, 5) is 2.38. The van der Waals surface area contributed by atoms with Crippen LogP contribution in [0, 0.1) is 18.7 Å². The highest BCUT2D eigenvalue weighted by Crippen LogP contribution is 2.36. The van der Waals surface area contributed by atoms with Gasteiger partial charge in [0.25, 0.3) is 0 Å². The van der Waals surface area contributed by atoms with E-state index >= 15 is 0 Å². The number of hydrogen-bond donors (Lipinski definition) is 1. The van der Waals surface area contributed by atoms with Crippen molar-refractivity contribution in [2.45, 2.75) is 39.7 Å². The highest BCUT2D eigenvalue weighted by atomic mass is 35.5. The summed E-state index contributed by atoms with van der Waals surface area (Å²) in [5.41, 5.74) is 1.65. The van der Waals surface area contributed by atoms with Crippen LogP contribution in [0.2, 0.25) is 5.02 Å². The Labute approximate surface area is 132 Å². The topological polar surface area (TPSA) is 15.3 Å². The number of hydrogen-bond acceptors (Lipinski definition) is 2. The molecule has 0 saturated carbocycles. The van der Waals surface area contributed by atoms with Crippen molar-refractivity contribution in [3.8, 4) is 0 Å². The molecule has 1 aliphatic rings. The highest BCUT2D eigenvalue weighted by molar-refractivity contribution is 6.32. The van der Waals surface area contributed by atoms with E-state index in [4.69, 9.17) is 11.6 Å². The monoisotopic (exact) mass is 312 g/mol. The van der Waals surface area contributed by atoms with Gasteiger partial charge in [0.05, 0.1) is 5.02 Å². The predicted octanol–water partition coefficient (Wildman–Crippen LogP) is 4.17. The normalized spacial score (nSPS) is 18.2. The Morgan fingerprint density at radius 3 is 2.52 bits per heavy atom. The second kappa shape index (κ2) is 7.57. The molecule has 0 radical (unpaired) electrons. The number of halogens is 2. The summed E-state index contributed by atoms with van der Waals surface area (Å²) in [5.74, 6) is 0.444. The molecule has 1 atom stereocenters. The molecule has 4 heteroatoms. The number of nitrogens with one attached hydrogen (secondary N) is 1. The zero-order chi connectivity index (χ0) is 15.4. The van der Waals surface area contributed by atoms with Crippen LogP contribution in [-0.4, -0.2) is 31.1 Å². The van der Waals surface area contributed by atoms with E-state index in [1.165, 1.54) is 0 Å². The number of piperazine rings is 1. The Kier molecular flexibility index (Phi) is 6.03. The van der Waals surface area contributed by atoms with Crippen molar-refractivity contribution in [3.05, 3.63) is 34.1 Å². The van der Waals surface area contributed by atoms with Gasteiger partial charge in [-0.05, 0) is 37.3 Å². The molecule has 0 unspecified atom stereocenters. The fourth-order valence-electron chi connectivity index (χ4n) is 2.98. The molecule has 1 heterocycles. The molecule has 2 rings (SSSR count). The van der Waals surface area contributed by atoms with Crippen molar-refractivity contribution in [2.24, 2.45) is 5.92 Å². The van der Waals surface area contributed by atoms with Gasteiger partial charge in [-0.1, -0.05) is 31.5 Å². The fraction of sp³-hybridized carbons (Fsp3) is 0.647. The van der Waals surface area contributed by atoms with Crippen molar-refractivity contribution in [2.75, 3.05) is 26.2 Å². The second-order valence-corrected chi connectivity index (χ2v) is 6.74. The standard InChI is InChI=1S/C17H26ClFN2/c1-12(2)4-7-15(21-10-8-20-9-11-21)16-14(19)6-5-13(3)17(16)18/h5-6,12,15,20H,4,7-11H2,1-3H3/t15-/m0/s1. The maximum absolute atomic E-state index is 14.4. The Hall–Kier alpha value is -0.640. The van der Waals surface area contributed by atoms with Gasteiger partial charge in [-0.2, -0.15) is 0 Å². The lowest BCUT2D eigenvalue weighted by Crippen LogP contribution is -2.45. The Balaban J connectivity index is 2.31. The molecule has 1 aromatic rings. The lowest BCUT2D eigenvalue weighted by molar-refractivity contribution is 0.156. The highest BCUT2D eigenvalue weighted by Gasteiger charge is 2.27. The Morgan fingerprint density at radius 1 is 1.24 bits per heavy atom. The zero-order valence-electron chi connectivity index (χ0n) is 13.3. The molecule has 1 saturated heterocycles. The first-order chi connectivity index (χ1) is 10.0. The minimum atomic E-state index is -0.169. The van der Waals surface area contributed by atoms with E-state index in [2.05, 4.69) is 24.1 Å². The van der Waals surface area contributed by atoms with Crippen LogP contribution in [0.5, 0.6) is 0 Å². The van der Waals surface area contributed by atoms with Gasteiger partial charge in [-0.15, -0.1) is 0 Å². The summed E-state index contributed by atoms with van der Waals surface area (Å²) in [6, 6.07) is 3.40. The first-order valence-electron chi connectivity index (χ1n) is 7.90. The van der Waals surface area contributed by atoms with Crippen LogP contribution in [-0.2, 0) is 0 Å². The SMILES string of the molecule is Cc1ccc(F)c([C@H](CCC(C)C)N2CCNCC2)c1Cl. The van der Waals surface area contributed by atoms with E-state index in [0.29, 0.717) is 16.5 Å². The molecule has 1 N–H and O–H groups in total. The van der Waals surface area contributed by atoms with Crippen molar-refractivity contribution in [1.82, 2.24) is 10.2 Å². The molecule has 1 aromatic carbocycles. The predicted molar refractivity (Wildman–Crippen MR) is 87.4 cm³/mol.